The van der Waals surface area contributed by atoms with Crippen LogP contribution >= 0.6 is 11.3 Å². The molecule has 1 amide bonds. The number of nitrogens with zero attached hydrogens (tertiary/aromatic N) is 4. The van der Waals surface area contributed by atoms with Crippen LogP contribution in [0.2, 0.25) is 0 Å². The van der Waals surface area contributed by atoms with E-state index in [4.69, 9.17) is 0 Å². The number of amides is 1. The number of hydrazone groups is 1. The van der Waals surface area contributed by atoms with Crippen molar-refractivity contribution in [3.8, 4) is 0 Å². The molecule has 0 atom stereocenters. The van der Waals surface area contributed by atoms with Gasteiger partial charge in [-0.25, -0.2) is 9.59 Å². The lowest BCUT2D eigenvalue weighted by atomic mass is 10.1. The summed E-state index contributed by atoms with van der Waals surface area (Å²) in [6.07, 6.45) is -5.73. The molecule has 0 saturated carbocycles. The Balaban J connectivity index is 2.71. The van der Waals surface area contributed by atoms with Crippen LogP contribution in [0.5, 0.6) is 0 Å². The van der Waals surface area contributed by atoms with Gasteiger partial charge in [-0.3, -0.25) is 13.9 Å². The van der Waals surface area contributed by atoms with E-state index in [2.05, 4.69) is 5.10 Å². The van der Waals surface area contributed by atoms with Gasteiger partial charge in [-0.15, -0.1) is 11.3 Å². The average Bonchev–Trinajstić information content (AvgIpc) is 2.89. The molecule has 0 saturated heterocycles. The van der Waals surface area contributed by atoms with E-state index < -0.39 is 42.0 Å². The highest BCUT2D eigenvalue weighted by atomic mass is 32.1. The number of carbonyl (C=O) groups is 1. The third kappa shape index (κ3) is 4.74. The predicted molar refractivity (Wildman–Crippen MR) is 109 cm³/mol. The Morgan fingerprint density at radius 3 is 2.30 bits per heavy atom. The Bertz CT molecular complexity index is 1110. The first-order valence-corrected chi connectivity index (χ1v) is 9.91. The summed E-state index contributed by atoms with van der Waals surface area (Å²) in [6.45, 7) is 7.46. The van der Waals surface area contributed by atoms with Crippen molar-refractivity contribution in [2.75, 3.05) is 0 Å². The molecule has 0 aliphatic heterocycles. The van der Waals surface area contributed by atoms with Crippen molar-refractivity contribution in [2.45, 2.75) is 65.8 Å². The van der Waals surface area contributed by atoms with E-state index in [0.717, 1.165) is 25.5 Å². The van der Waals surface area contributed by atoms with Gasteiger partial charge in [0.25, 0.3) is 5.56 Å². The van der Waals surface area contributed by atoms with Crippen molar-refractivity contribution in [2.24, 2.45) is 5.10 Å². The SMILES string of the molecule is CCn1c(=O)c2c(C)c(C=NN(C(=O)O)C(C)(C)C)sc2n(CCC(F)(F)F)c1=O. The van der Waals surface area contributed by atoms with Crippen LogP contribution < -0.4 is 11.2 Å². The lowest BCUT2D eigenvalue weighted by molar-refractivity contribution is -0.136. The van der Waals surface area contributed by atoms with Crippen molar-refractivity contribution >= 4 is 33.9 Å². The number of fused-ring (bicyclic) bond motifs is 1. The van der Waals surface area contributed by atoms with Gasteiger partial charge in [0.05, 0.1) is 28.4 Å². The van der Waals surface area contributed by atoms with Crippen molar-refractivity contribution in [1.82, 2.24) is 14.1 Å². The first-order valence-electron chi connectivity index (χ1n) is 9.09. The fourth-order valence-electron chi connectivity index (χ4n) is 2.87. The summed E-state index contributed by atoms with van der Waals surface area (Å²) in [7, 11) is 0. The molecule has 0 spiro atoms. The molecule has 2 heterocycles. The van der Waals surface area contributed by atoms with E-state index in [-0.39, 0.29) is 16.8 Å². The minimum atomic E-state index is -4.47. The second-order valence-electron chi connectivity index (χ2n) is 7.63. The van der Waals surface area contributed by atoms with E-state index in [9.17, 15) is 32.7 Å². The Labute approximate surface area is 173 Å². The number of thiophene rings is 1. The first-order chi connectivity index (χ1) is 13.7. The van der Waals surface area contributed by atoms with E-state index >= 15 is 0 Å². The number of halogens is 3. The summed E-state index contributed by atoms with van der Waals surface area (Å²) in [4.78, 5) is 37.3. The van der Waals surface area contributed by atoms with Gasteiger partial charge in [0, 0.05) is 13.1 Å². The van der Waals surface area contributed by atoms with Crippen molar-refractivity contribution in [3.05, 3.63) is 31.3 Å². The lowest BCUT2D eigenvalue weighted by Gasteiger charge is -2.27. The van der Waals surface area contributed by atoms with Crippen LogP contribution in [-0.2, 0) is 13.1 Å². The largest absolute Gasteiger partial charge is 0.464 e. The maximum absolute atomic E-state index is 12.8. The number of carboxylic acid groups (broad SMARTS) is 1. The van der Waals surface area contributed by atoms with Gasteiger partial charge in [-0.05, 0) is 40.2 Å². The Hall–Kier alpha value is -2.63. The number of aromatic nitrogens is 2. The minimum Gasteiger partial charge on any atom is -0.464 e. The van der Waals surface area contributed by atoms with Crippen molar-refractivity contribution in [3.63, 3.8) is 0 Å². The molecule has 0 fully saturated rings. The van der Waals surface area contributed by atoms with Gasteiger partial charge in [-0.2, -0.15) is 23.3 Å². The standard InChI is InChI=1S/C18H23F3N4O4S/c1-6-23-13(26)12-10(2)11(9-22-25(16(28)29)17(3,4)5)30-14(12)24(15(23)27)8-7-18(19,20)21/h9H,6-8H2,1-5H3,(H,28,29). The highest BCUT2D eigenvalue weighted by Crippen LogP contribution is 2.28. The molecule has 1 N–H and O–H groups in total. The van der Waals surface area contributed by atoms with E-state index in [1.807, 2.05) is 0 Å². The lowest BCUT2D eigenvalue weighted by Crippen LogP contribution is -2.41. The fourth-order valence-corrected chi connectivity index (χ4v) is 4.05. The highest BCUT2D eigenvalue weighted by molar-refractivity contribution is 7.20. The molecule has 0 aliphatic rings. The van der Waals surface area contributed by atoms with Crippen molar-refractivity contribution < 1.29 is 23.1 Å². The molecule has 2 rings (SSSR count). The van der Waals surface area contributed by atoms with Crippen LogP contribution in [-0.4, -0.2) is 43.3 Å². The second-order valence-corrected chi connectivity index (χ2v) is 8.66. The third-order valence-electron chi connectivity index (χ3n) is 4.37. The van der Waals surface area contributed by atoms with Crippen molar-refractivity contribution in [1.29, 1.82) is 0 Å². The second kappa shape index (κ2) is 8.25. The molecule has 8 nitrogen and oxygen atoms in total. The number of hydrogen-bond acceptors (Lipinski definition) is 5. The van der Waals surface area contributed by atoms with Crippen LogP contribution in [0.15, 0.2) is 14.7 Å². The molecule has 30 heavy (non-hydrogen) atoms. The fraction of sp³-hybridized carbons (Fsp3) is 0.556. The van der Waals surface area contributed by atoms with E-state index in [1.54, 1.807) is 34.6 Å². The van der Waals surface area contributed by atoms with Gasteiger partial charge < -0.3 is 5.11 Å². The maximum atomic E-state index is 12.8. The molecule has 0 aliphatic carbocycles. The molecular weight excluding hydrogens is 425 g/mol. The summed E-state index contributed by atoms with van der Waals surface area (Å²) in [5.74, 6) is 0. The summed E-state index contributed by atoms with van der Waals surface area (Å²) >= 11 is 0.926. The summed E-state index contributed by atoms with van der Waals surface area (Å²) < 4.78 is 40.1. The summed E-state index contributed by atoms with van der Waals surface area (Å²) in [5, 5.41) is 14.3. The quantitative estimate of drug-likeness (QED) is 0.558. The van der Waals surface area contributed by atoms with Crippen LogP contribution in [0.25, 0.3) is 10.2 Å². The van der Waals surface area contributed by atoms with Crippen LogP contribution in [0.1, 0.15) is 44.6 Å². The Morgan fingerprint density at radius 1 is 1.23 bits per heavy atom. The Morgan fingerprint density at radius 2 is 1.83 bits per heavy atom. The molecule has 0 unspecified atom stereocenters. The Kier molecular flexibility index (Phi) is 6.50. The first kappa shape index (κ1) is 23.6. The van der Waals surface area contributed by atoms with E-state index in [0.29, 0.717) is 10.4 Å². The zero-order valence-corrected chi connectivity index (χ0v) is 18.0. The van der Waals surface area contributed by atoms with Gasteiger partial charge in [0.15, 0.2) is 0 Å². The molecule has 0 bridgehead atoms. The van der Waals surface area contributed by atoms with Gasteiger partial charge in [0.2, 0.25) is 0 Å². The number of rotatable bonds is 5. The maximum Gasteiger partial charge on any atom is 0.428 e. The number of aryl methyl sites for hydroxylation is 2. The predicted octanol–water partition coefficient (Wildman–Crippen LogP) is 3.62. The smallest absolute Gasteiger partial charge is 0.428 e. The van der Waals surface area contributed by atoms with Gasteiger partial charge in [0.1, 0.15) is 4.83 Å². The molecule has 2 aromatic heterocycles. The number of hydrogen-bond donors (Lipinski definition) is 1. The molecule has 0 aromatic carbocycles. The summed E-state index contributed by atoms with van der Waals surface area (Å²) in [5.41, 5.74) is -1.83. The zero-order chi connectivity index (χ0) is 23.0. The average molecular weight is 448 g/mol. The topological polar surface area (TPSA) is 96.9 Å². The van der Waals surface area contributed by atoms with Crippen LogP contribution in [0.3, 0.4) is 0 Å². The van der Waals surface area contributed by atoms with Gasteiger partial charge in [-0.1, -0.05) is 0 Å². The van der Waals surface area contributed by atoms with Gasteiger partial charge >= 0.3 is 18.0 Å². The summed E-state index contributed by atoms with van der Waals surface area (Å²) in [6, 6.07) is 0. The third-order valence-corrected chi connectivity index (χ3v) is 5.62. The normalized spacial score (nSPS) is 12.8. The molecule has 166 valence electrons. The van der Waals surface area contributed by atoms with Crippen LogP contribution in [0.4, 0.5) is 18.0 Å². The van der Waals surface area contributed by atoms with E-state index in [1.165, 1.54) is 6.21 Å². The molecular formula is C18H23F3N4O4S. The highest BCUT2D eigenvalue weighted by Gasteiger charge is 2.29. The minimum absolute atomic E-state index is 0.00908. The molecule has 12 heteroatoms. The molecule has 2 aromatic rings. The molecule has 0 radical (unpaired) electrons. The van der Waals surface area contributed by atoms with Crippen LogP contribution in [0, 0.1) is 6.92 Å². The monoisotopic (exact) mass is 448 g/mol. The number of alkyl halides is 3. The zero-order valence-electron chi connectivity index (χ0n) is 17.2.